The molecule has 0 spiro atoms. The molecule has 0 bridgehead atoms. The molecule has 1 aromatic heterocycles. The number of amides is 1. The second-order valence-corrected chi connectivity index (χ2v) is 4.53. The van der Waals surface area contributed by atoms with E-state index in [1.807, 2.05) is 0 Å². The summed E-state index contributed by atoms with van der Waals surface area (Å²) in [5.41, 5.74) is 5.41. The largest absolute Gasteiger partial charge is 0.324 e. The molecule has 0 aliphatic rings. The molecule has 0 saturated heterocycles. The summed E-state index contributed by atoms with van der Waals surface area (Å²) in [6.07, 6.45) is 0. The Labute approximate surface area is 111 Å². The van der Waals surface area contributed by atoms with Gasteiger partial charge in [-0.15, -0.1) is 10.2 Å². The van der Waals surface area contributed by atoms with Crippen LogP contribution in [0, 0.1) is 10.1 Å². The van der Waals surface area contributed by atoms with Crippen LogP contribution in [0.4, 0.5) is 10.8 Å². The van der Waals surface area contributed by atoms with Crippen molar-refractivity contribution in [1.29, 1.82) is 0 Å². The molecule has 19 heavy (non-hydrogen) atoms. The Kier molecular flexibility index (Phi) is 3.78. The number of anilines is 1. The van der Waals surface area contributed by atoms with Crippen LogP contribution in [0.1, 0.15) is 15.4 Å². The molecule has 2 rings (SSSR count). The summed E-state index contributed by atoms with van der Waals surface area (Å²) in [5, 5.41) is 21.5. The number of nitro groups is 1. The summed E-state index contributed by atoms with van der Waals surface area (Å²) < 4.78 is 0. The predicted octanol–water partition coefficient (Wildman–Crippen LogP) is 1.16. The van der Waals surface area contributed by atoms with Crippen molar-refractivity contribution in [2.75, 3.05) is 5.32 Å². The van der Waals surface area contributed by atoms with E-state index in [9.17, 15) is 14.9 Å². The van der Waals surface area contributed by atoms with Crippen molar-refractivity contribution in [3.8, 4) is 0 Å². The maximum Gasteiger partial charge on any atom is 0.270 e. The maximum absolute atomic E-state index is 11.9. The molecule has 9 heteroatoms. The first kappa shape index (κ1) is 13.1. The van der Waals surface area contributed by atoms with E-state index in [1.54, 1.807) is 0 Å². The van der Waals surface area contributed by atoms with Crippen molar-refractivity contribution < 1.29 is 9.72 Å². The maximum atomic E-state index is 11.9. The van der Waals surface area contributed by atoms with Crippen LogP contribution in [0.2, 0.25) is 0 Å². The van der Waals surface area contributed by atoms with Gasteiger partial charge in [0, 0.05) is 24.2 Å². The van der Waals surface area contributed by atoms with Crippen LogP contribution in [0.15, 0.2) is 24.3 Å². The molecule has 0 radical (unpaired) electrons. The van der Waals surface area contributed by atoms with Gasteiger partial charge in [-0.3, -0.25) is 20.2 Å². The molecule has 3 N–H and O–H groups in total. The summed E-state index contributed by atoms with van der Waals surface area (Å²) in [6.45, 7) is 0.240. The summed E-state index contributed by atoms with van der Waals surface area (Å²) in [6, 6.07) is 5.43. The fourth-order valence-corrected chi connectivity index (χ4v) is 1.93. The number of carbonyl (C=O) groups is 1. The van der Waals surface area contributed by atoms with Crippen molar-refractivity contribution >= 4 is 28.1 Å². The summed E-state index contributed by atoms with van der Waals surface area (Å²) >= 11 is 1.15. The number of hydrogen-bond donors (Lipinski definition) is 2. The molecule has 1 aromatic carbocycles. The molecular weight excluding hydrogens is 270 g/mol. The highest BCUT2D eigenvalue weighted by Gasteiger charge is 2.13. The monoisotopic (exact) mass is 279 g/mol. The number of nitrogens with one attached hydrogen (secondary N) is 1. The number of nitrogens with two attached hydrogens (primary N) is 1. The summed E-state index contributed by atoms with van der Waals surface area (Å²) in [5.74, 6) is -0.483. The zero-order valence-corrected chi connectivity index (χ0v) is 10.4. The minimum Gasteiger partial charge on any atom is -0.324 e. The third-order valence-electron chi connectivity index (χ3n) is 2.18. The number of benzene rings is 1. The topological polar surface area (TPSA) is 124 Å². The van der Waals surface area contributed by atoms with Gasteiger partial charge in [0.1, 0.15) is 5.01 Å². The Morgan fingerprint density at radius 1 is 1.47 bits per heavy atom. The molecular formula is C10H9N5O3S. The summed E-state index contributed by atoms with van der Waals surface area (Å²) in [7, 11) is 0. The summed E-state index contributed by atoms with van der Waals surface area (Å²) in [4.78, 5) is 21.9. The first-order valence-corrected chi connectivity index (χ1v) is 6.00. The van der Waals surface area contributed by atoms with Crippen molar-refractivity contribution in [2.45, 2.75) is 6.54 Å². The number of hydrogen-bond acceptors (Lipinski definition) is 7. The first-order chi connectivity index (χ1) is 9.10. The third kappa shape index (κ3) is 3.09. The highest BCUT2D eigenvalue weighted by Crippen LogP contribution is 2.17. The van der Waals surface area contributed by atoms with Crippen LogP contribution in [-0.4, -0.2) is 21.0 Å². The lowest BCUT2D eigenvalue weighted by Crippen LogP contribution is -2.11. The predicted molar refractivity (Wildman–Crippen MR) is 68.9 cm³/mol. The fourth-order valence-electron chi connectivity index (χ4n) is 1.32. The van der Waals surface area contributed by atoms with Crippen molar-refractivity contribution in [3.63, 3.8) is 0 Å². The molecule has 98 valence electrons. The van der Waals surface area contributed by atoms with Crippen LogP contribution >= 0.6 is 11.3 Å². The average Bonchev–Trinajstić information content (AvgIpc) is 2.86. The van der Waals surface area contributed by atoms with E-state index in [-0.39, 0.29) is 17.8 Å². The highest BCUT2D eigenvalue weighted by molar-refractivity contribution is 7.15. The lowest BCUT2D eigenvalue weighted by Gasteiger charge is -2.00. The molecule has 0 unspecified atom stereocenters. The second kappa shape index (κ2) is 5.50. The molecule has 8 nitrogen and oxygen atoms in total. The van der Waals surface area contributed by atoms with Gasteiger partial charge in [-0.05, 0) is 6.07 Å². The van der Waals surface area contributed by atoms with Crippen molar-refractivity contribution in [3.05, 3.63) is 45.0 Å². The fraction of sp³-hybridized carbons (Fsp3) is 0.100. The smallest absolute Gasteiger partial charge is 0.270 e. The van der Waals surface area contributed by atoms with Crippen LogP contribution < -0.4 is 11.1 Å². The molecule has 0 aliphatic carbocycles. The Hall–Kier alpha value is -2.39. The lowest BCUT2D eigenvalue weighted by atomic mass is 10.2. The van der Waals surface area contributed by atoms with Crippen LogP contribution in [0.5, 0.6) is 0 Å². The van der Waals surface area contributed by atoms with E-state index >= 15 is 0 Å². The molecule has 1 heterocycles. The van der Waals surface area contributed by atoms with Gasteiger partial charge in [-0.2, -0.15) is 0 Å². The van der Waals surface area contributed by atoms with Gasteiger partial charge in [0.15, 0.2) is 0 Å². The van der Waals surface area contributed by atoms with Gasteiger partial charge >= 0.3 is 0 Å². The Balaban J connectivity index is 2.15. The zero-order valence-electron chi connectivity index (χ0n) is 9.57. The number of rotatable bonds is 4. The quantitative estimate of drug-likeness (QED) is 0.639. The Morgan fingerprint density at radius 2 is 2.26 bits per heavy atom. The third-order valence-corrected chi connectivity index (χ3v) is 3.04. The Morgan fingerprint density at radius 3 is 2.89 bits per heavy atom. The zero-order chi connectivity index (χ0) is 13.8. The molecule has 0 saturated carbocycles. The second-order valence-electron chi connectivity index (χ2n) is 3.47. The minimum absolute atomic E-state index is 0.146. The molecule has 0 fully saturated rings. The average molecular weight is 279 g/mol. The van der Waals surface area contributed by atoms with Crippen LogP contribution in [0.25, 0.3) is 0 Å². The van der Waals surface area contributed by atoms with Gasteiger partial charge in [0.2, 0.25) is 5.13 Å². The van der Waals surface area contributed by atoms with Gasteiger partial charge in [-0.1, -0.05) is 17.4 Å². The highest BCUT2D eigenvalue weighted by atomic mass is 32.1. The van der Waals surface area contributed by atoms with E-state index in [1.165, 1.54) is 24.3 Å². The van der Waals surface area contributed by atoms with Gasteiger partial charge in [0.25, 0.3) is 11.6 Å². The van der Waals surface area contributed by atoms with Crippen molar-refractivity contribution in [2.24, 2.45) is 5.73 Å². The lowest BCUT2D eigenvalue weighted by molar-refractivity contribution is -0.384. The van der Waals surface area contributed by atoms with Gasteiger partial charge in [0.05, 0.1) is 4.92 Å². The van der Waals surface area contributed by atoms with Crippen molar-refractivity contribution in [1.82, 2.24) is 10.2 Å². The van der Waals surface area contributed by atoms with Crippen LogP contribution in [-0.2, 0) is 6.54 Å². The number of carbonyl (C=O) groups excluding carboxylic acids is 1. The molecule has 0 aliphatic heterocycles. The number of aromatic nitrogens is 2. The normalized spacial score (nSPS) is 10.2. The van der Waals surface area contributed by atoms with E-state index in [0.29, 0.717) is 10.1 Å². The molecule has 1 amide bonds. The van der Waals surface area contributed by atoms with Gasteiger partial charge < -0.3 is 5.73 Å². The Bertz CT molecular complexity index is 627. The number of nitro benzene ring substituents is 1. The molecule has 0 atom stereocenters. The van der Waals surface area contributed by atoms with E-state index in [2.05, 4.69) is 15.5 Å². The standard InChI is InChI=1S/C10H9N5O3S/c11-5-8-13-14-10(19-8)12-9(16)6-2-1-3-7(4-6)15(17)18/h1-4H,5,11H2,(H,12,14,16). The minimum atomic E-state index is -0.561. The van der Waals surface area contributed by atoms with E-state index in [4.69, 9.17) is 5.73 Å². The van der Waals surface area contributed by atoms with Crippen LogP contribution in [0.3, 0.4) is 0 Å². The molecule has 2 aromatic rings. The van der Waals surface area contributed by atoms with Gasteiger partial charge in [-0.25, -0.2) is 0 Å². The van der Waals surface area contributed by atoms with E-state index in [0.717, 1.165) is 11.3 Å². The SMILES string of the molecule is NCc1nnc(NC(=O)c2cccc([N+](=O)[O-])c2)s1. The first-order valence-electron chi connectivity index (χ1n) is 5.18. The number of non-ortho nitro benzene ring substituents is 1. The van der Waals surface area contributed by atoms with E-state index < -0.39 is 10.8 Å². The number of nitrogens with zero attached hydrogens (tertiary/aromatic N) is 3.